The monoisotopic (exact) mass is 451 g/mol. The summed E-state index contributed by atoms with van der Waals surface area (Å²) < 4.78 is 66.1. The Morgan fingerprint density at radius 1 is 1.03 bits per heavy atom. The van der Waals surface area contributed by atoms with Gasteiger partial charge >= 0.3 is 6.18 Å². The molecule has 0 saturated carbocycles. The predicted octanol–water partition coefficient (Wildman–Crippen LogP) is 4.54. The van der Waals surface area contributed by atoms with Gasteiger partial charge in [0.2, 0.25) is 10.0 Å². The summed E-state index contributed by atoms with van der Waals surface area (Å²) in [5.74, 6) is -0.586. The molecule has 6 nitrogen and oxygen atoms in total. The summed E-state index contributed by atoms with van der Waals surface area (Å²) in [6.45, 7) is 4.09. The SMILES string of the molecule is CCN(CC)S(=O)(=O)c1ccc(C(=O)Nc2ccnc3c(C(F)(F)F)cccc23)cc1. The van der Waals surface area contributed by atoms with E-state index in [9.17, 15) is 26.4 Å². The number of nitrogens with one attached hydrogen (secondary N) is 1. The summed E-state index contributed by atoms with van der Waals surface area (Å²) in [6.07, 6.45) is -3.39. The lowest BCUT2D eigenvalue weighted by atomic mass is 10.1. The first-order valence-electron chi connectivity index (χ1n) is 9.46. The molecule has 0 spiro atoms. The van der Waals surface area contributed by atoms with E-state index in [1.54, 1.807) is 13.8 Å². The molecular formula is C21H20F3N3O3S. The van der Waals surface area contributed by atoms with Crippen LogP contribution in [0, 0.1) is 0 Å². The molecule has 0 saturated heterocycles. The summed E-state index contributed by atoms with van der Waals surface area (Å²) in [7, 11) is -3.66. The van der Waals surface area contributed by atoms with Gasteiger partial charge in [-0.3, -0.25) is 9.78 Å². The molecule has 1 aromatic heterocycles. The highest BCUT2D eigenvalue weighted by atomic mass is 32.2. The number of sulfonamides is 1. The molecule has 2 aromatic carbocycles. The minimum absolute atomic E-state index is 0.0527. The van der Waals surface area contributed by atoms with Crippen molar-refractivity contribution in [2.45, 2.75) is 24.9 Å². The maximum atomic E-state index is 13.2. The third-order valence-corrected chi connectivity index (χ3v) is 6.85. The summed E-state index contributed by atoms with van der Waals surface area (Å²) in [4.78, 5) is 16.5. The zero-order valence-corrected chi connectivity index (χ0v) is 17.6. The van der Waals surface area contributed by atoms with E-state index in [1.165, 1.54) is 53.0 Å². The van der Waals surface area contributed by atoms with Crippen LogP contribution in [-0.4, -0.2) is 36.7 Å². The lowest BCUT2D eigenvalue weighted by Crippen LogP contribution is -2.30. The molecule has 1 N–H and O–H groups in total. The second-order valence-corrected chi connectivity index (χ2v) is 8.56. The highest BCUT2D eigenvalue weighted by molar-refractivity contribution is 7.89. The van der Waals surface area contributed by atoms with Crippen molar-refractivity contribution in [3.8, 4) is 0 Å². The number of benzene rings is 2. The Balaban J connectivity index is 1.90. The minimum atomic E-state index is -4.58. The number of pyridine rings is 1. The van der Waals surface area contributed by atoms with Crippen molar-refractivity contribution >= 4 is 32.5 Å². The van der Waals surface area contributed by atoms with Crippen LogP contribution >= 0.6 is 0 Å². The molecule has 0 unspecified atom stereocenters. The number of para-hydroxylation sites is 1. The number of fused-ring (bicyclic) bond motifs is 1. The Morgan fingerprint density at radius 3 is 2.26 bits per heavy atom. The molecule has 31 heavy (non-hydrogen) atoms. The van der Waals surface area contributed by atoms with Gasteiger partial charge in [0.15, 0.2) is 0 Å². The van der Waals surface area contributed by atoms with Gasteiger partial charge in [-0.2, -0.15) is 17.5 Å². The molecule has 0 aliphatic heterocycles. The van der Waals surface area contributed by atoms with E-state index >= 15 is 0 Å². The van der Waals surface area contributed by atoms with Gasteiger partial charge in [-0.1, -0.05) is 26.0 Å². The highest BCUT2D eigenvalue weighted by Gasteiger charge is 2.33. The summed E-state index contributed by atoms with van der Waals surface area (Å²) in [5, 5.41) is 2.72. The Hall–Kier alpha value is -2.98. The zero-order valence-electron chi connectivity index (χ0n) is 16.8. The molecule has 0 fully saturated rings. The van der Waals surface area contributed by atoms with E-state index in [2.05, 4.69) is 10.3 Å². The first kappa shape index (κ1) is 22.7. The standard InChI is InChI=1S/C21H20F3N3O3S/c1-3-27(4-2)31(29,30)15-10-8-14(9-11-15)20(28)26-18-12-13-25-19-16(18)6-5-7-17(19)21(22,23)24/h5-13H,3-4H2,1-2H3,(H,25,26,28). The maximum Gasteiger partial charge on any atom is 0.418 e. The fourth-order valence-corrected chi connectivity index (χ4v) is 4.66. The Kier molecular flexibility index (Phi) is 6.33. The lowest BCUT2D eigenvalue weighted by Gasteiger charge is -2.18. The summed E-state index contributed by atoms with van der Waals surface area (Å²) >= 11 is 0. The topological polar surface area (TPSA) is 79.4 Å². The van der Waals surface area contributed by atoms with Crippen molar-refractivity contribution in [2.75, 3.05) is 18.4 Å². The molecule has 0 radical (unpaired) electrons. The molecule has 10 heteroatoms. The summed E-state index contributed by atoms with van der Waals surface area (Å²) in [6, 6.07) is 10.4. The molecule has 0 aliphatic rings. The van der Waals surface area contributed by atoms with Crippen LogP contribution in [0.15, 0.2) is 59.6 Å². The van der Waals surface area contributed by atoms with Crippen molar-refractivity contribution < 1.29 is 26.4 Å². The number of anilines is 1. The van der Waals surface area contributed by atoms with E-state index in [-0.39, 0.29) is 27.0 Å². The predicted molar refractivity (Wildman–Crippen MR) is 111 cm³/mol. The quantitative estimate of drug-likeness (QED) is 0.597. The number of nitrogens with zero attached hydrogens (tertiary/aromatic N) is 2. The van der Waals surface area contributed by atoms with Crippen molar-refractivity contribution in [3.63, 3.8) is 0 Å². The lowest BCUT2D eigenvalue weighted by molar-refractivity contribution is -0.136. The van der Waals surface area contributed by atoms with Gasteiger partial charge in [-0.15, -0.1) is 0 Å². The first-order chi connectivity index (χ1) is 14.6. The average molecular weight is 451 g/mol. The Labute approximate surface area is 177 Å². The van der Waals surface area contributed by atoms with E-state index in [0.717, 1.165) is 6.07 Å². The number of amides is 1. The third kappa shape index (κ3) is 4.54. The third-order valence-electron chi connectivity index (χ3n) is 4.78. The zero-order chi connectivity index (χ0) is 22.8. The average Bonchev–Trinajstić information content (AvgIpc) is 2.73. The molecular weight excluding hydrogens is 431 g/mol. The molecule has 1 heterocycles. The van der Waals surface area contributed by atoms with Crippen LogP contribution in [0.1, 0.15) is 29.8 Å². The van der Waals surface area contributed by atoms with Crippen molar-refractivity contribution in [1.82, 2.24) is 9.29 Å². The summed E-state index contributed by atoms with van der Waals surface area (Å²) in [5.41, 5.74) is -0.836. The number of hydrogen-bond donors (Lipinski definition) is 1. The van der Waals surface area contributed by atoms with Gasteiger partial charge in [0, 0.05) is 30.2 Å². The minimum Gasteiger partial charge on any atom is -0.321 e. The van der Waals surface area contributed by atoms with Crippen LogP contribution in [0.5, 0.6) is 0 Å². The van der Waals surface area contributed by atoms with Crippen LogP contribution in [0.25, 0.3) is 10.9 Å². The van der Waals surface area contributed by atoms with Gasteiger partial charge in [0.1, 0.15) is 0 Å². The largest absolute Gasteiger partial charge is 0.418 e. The fraction of sp³-hybridized carbons (Fsp3) is 0.238. The number of alkyl halides is 3. The molecule has 164 valence electrons. The fourth-order valence-electron chi connectivity index (χ4n) is 3.20. The smallest absolute Gasteiger partial charge is 0.321 e. The number of aromatic nitrogens is 1. The van der Waals surface area contributed by atoms with Crippen LogP contribution in [0.3, 0.4) is 0 Å². The second-order valence-electron chi connectivity index (χ2n) is 6.63. The molecule has 0 bridgehead atoms. The van der Waals surface area contributed by atoms with Crippen LogP contribution < -0.4 is 5.32 Å². The Bertz CT molecular complexity index is 1210. The maximum absolute atomic E-state index is 13.2. The van der Waals surface area contributed by atoms with Crippen molar-refractivity contribution in [2.24, 2.45) is 0 Å². The second kappa shape index (κ2) is 8.64. The van der Waals surface area contributed by atoms with Crippen molar-refractivity contribution in [3.05, 3.63) is 65.9 Å². The van der Waals surface area contributed by atoms with Gasteiger partial charge in [0.25, 0.3) is 5.91 Å². The molecule has 0 atom stereocenters. The normalized spacial score (nSPS) is 12.3. The van der Waals surface area contributed by atoms with Crippen molar-refractivity contribution in [1.29, 1.82) is 0 Å². The van der Waals surface area contributed by atoms with Crippen LogP contribution in [-0.2, 0) is 16.2 Å². The van der Waals surface area contributed by atoms with Crippen LogP contribution in [0.4, 0.5) is 18.9 Å². The van der Waals surface area contributed by atoms with E-state index in [4.69, 9.17) is 0 Å². The number of carbonyl (C=O) groups is 1. The number of halogens is 3. The van der Waals surface area contributed by atoms with Gasteiger partial charge in [0.05, 0.1) is 21.7 Å². The molecule has 3 aromatic rings. The number of rotatable bonds is 6. The van der Waals surface area contributed by atoms with Gasteiger partial charge in [-0.25, -0.2) is 8.42 Å². The van der Waals surface area contributed by atoms with E-state index in [0.29, 0.717) is 13.1 Å². The van der Waals surface area contributed by atoms with Gasteiger partial charge in [-0.05, 0) is 36.4 Å². The number of carbonyl (C=O) groups excluding carboxylic acids is 1. The van der Waals surface area contributed by atoms with E-state index in [1.807, 2.05) is 0 Å². The Morgan fingerprint density at radius 2 is 1.68 bits per heavy atom. The first-order valence-corrected chi connectivity index (χ1v) is 10.9. The van der Waals surface area contributed by atoms with E-state index < -0.39 is 27.7 Å². The highest BCUT2D eigenvalue weighted by Crippen LogP contribution is 2.35. The molecule has 3 rings (SSSR count). The molecule has 0 aliphatic carbocycles. The van der Waals surface area contributed by atoms with Crippen LogP contribution in [0.2, 0.25) is 0 Å². The molecule has 1 amide bonds. The van der Waals surface area contributed by atoms with Gasteiger partial charge < -0.3 is 5.32 Å². The number of hydrogen-bond acceptors (Lipinski definition) is 4.